The molecule has 1 aliphatic carbocycles. The molecule has 0 unspecified atom stereocenters. The molecule has 3 atom stereocenters. The summed E-state index contributed by atoms with van der Waals surface area (Å²) < 4.78 is 7.21. The molecular weight excluding hydrogens is 304 g/mol. The van der Waals surface area contributed by atoms with Crippen molar-refractivity contribution in [3.8, 4) is 0 Å². The molecule has 0 N–H and O–H groups in total. The minimum absolute atomic E-state index is 0.186. The van der Waals surface area contributed by atoms with Crippen LogP contribution in [-0.4, -0.2) is 37.1 Å². The van der Waals surface area contributed by atoms with Gasteiger partial charge in [-0.05, 0) is 32.0 Å². The van der Waals surface area contributed by atoms with Gasteiger partial charge in [-0.3, -0.25) is 4.98 Å². The number of halogens is 1. The highest BCUT2D eigenvalue weighted by Gasteiger charge is 2.53. The summed E-state index contributed by atoms with van der Waals surface area (Å²) in [5, 5.41) is 0. The zero-order valence-electron chi connectivity index (χ0n) is 11.6. The van der Waals surface area contributed by atoms with E-state index in [0.29, 0.717) is 11.8 Å². The van der Waals surface area contributed by atoms with Gasteiger partial charge < -0.3 is 9.64 Å². The third-order valence-electron chi connectivity index (χ3n) is 4.84. The number of piperidine rings is 1. The van der Waals surface area contributed by atoms with E-state index in [-0.39, 0.29) is 5.60 Å². The summed E-state index contributed by atoms with van der Waals surface area (Å²) in [7, 11) is 4.08. The lowest BCUT2D eigenvalue weighted by Gasteiger charge is -2.54. The third kappa shape index (κ3) is 2.14. The zero-order valence-corrected chi connectivity index (χ0v) is 13.2. The van der Waals surface area contributed by atoms with Gasteiger partial charge in [0.1, 0.15) is 5.60 Å². The Morgan fingerprint density at radius 2 is 2.05 bits per heavy atom. The molecule has 0 amide bonds. The second kappa shape index (κ2) is 5.15. The predicted octanol–water partition coefficient (Wildman–Crippen LogP) is 3.05. The van der Waals surface area contributed by atoms with Crippen LogP contribution in [0.25, 0.3) is 0 Å². The van der Waals surface area contributed by atoms with Crippen LogP contribution in [0.15, 0.2) is 22.8 Å². The Labute approximate surface area is 123 Å². The van der Waals surface area contributed by atoms with Gasteiger partial charge in [-0.2, -0.15) is 0 Å². The number of aromatic nitrogens is 1. The van der Waals surface area contributed by atoms with Crippen molar-refractivity contribution in [2.45, 2.75) is 24.9 Å². The topological polar surface area (TPSA) is 25.4 Å². The number of likely N-dealkylation sites (tertiary alicyclic amines) is 1. The lowest BCUT2D eigenvalue weighted by atomic mass is 9.64. The highest BCUT2D eigenvalue weighted by Crippen LogP contribution is 2.50. The first-order chi connectivity index (χ1) is 9.16. The summed E-state index contributed by atoms with van der Waals surface area (Å²) in [6, 6.07) is 4.12. The van der Waals surface area contributed by atoms with Crippen LogP contribution in [0.2, 0.25) is 0 Å². The first-order valence-corrected chi connectivity index (χ1v) is 7.82. The normalized spacial score (nSPS) is 35.3. The summed E-state index contributed by atoms with van der Waals surface area (Å²) in [6.45, 7) is 2.22. The Morgan fingerprint density at radius 1 is 1.37 bits per heavy atom. The maximum atomic E-state index is 6.13. The minimum atomic E-state index is -0.186. The van der Waals surface area contributed by atoms with Gasteiger partial charge in [0.15, 0.2) is 0 Å². The number of hydrogen-bond acceptors (Lipinski definition) is 3. The van der Waals surface area contributed by atoms with Crippen LogP contribution in [-0.2, 0) is 10.3 Å². The molecule has 1 saturated heterocycles. The summed E-state index contributed by atoms with van der Waals surface area (Å²) in [5.74, 6) is 1.11. The monoisotopic (exact) mass is 324 g/mol. The van der Waals surface area contributed by atoms with Crippen LogP contribution in [0.1, 0.15) is 25.0 Å². The van der Waals surface area contributed by atoms with Gasteiger partial charge in [-0.15, -0.1) is 0 Å². The van der Waals surface area contributed by atoms with Crippen LogP contribution >= 0.6 is 15.9 Å². The lowest BCUT2D eigenvalue weighted by molar-refractivity contribution is -0.168. The van der Waals surface area contributed by atoms with Crippen LogP contribution in [0.4, 0.5) is 0 Å². The maximum absolute atomic E-state index is 6.13. The van der Waals surface area contributed by atoms with Crippen molar-refractivity contribution in [2.75, 3.05) is 27.2 Å². The van der Waals surface area contributed by atoms with E-state index in [1.165, 1.54) is 19.3 Å². The van der Waals surface area contributed by atoms with E-state index < -0.39 is 0 Å². The SMILES string of the molecule is CO[C@@]1(c2cc(Br)ccn2)[C@@H]2CCC[C@H]1CN(C)C2. The van der Waals surface area contributed by atoms with Crippen molar-refractivity contribution >= 4 is 15.9 Å². The number of ether oxygens (including phenoxy) is 1. The van der Waals surface area contributed by atoms with Gasteiger partial charge in [0.25, 0.3) is 0 Å². The number of hydrogen-bond donors (Lipinski definition) is 0. The third-order valence-corrected chi connectivity index (χ3v) is 5.34. The first kappa shape index (κ1) is 13.5. The Morgan fingerprint density at radius 3 is 2.63 bits per heavy atom. The Hall–Kier alpha value is -0.450. The zero-order chi connectivity index (χ0) is 13.5. The second-order valence-electron chi connectivity index (χ2n) is 5.90. The molecule has 3 rings (SSSR count). The quantitative estimate of drug-likeness (QED) is 0.836. The van der Waals surface area contributed by atoms with E-state index in [2.05, 4.69) is 38.9 Å². The molecule has 0 spiro atoms. The van der Waals surface area contributed by atoms with Crippen LogP contribution in [0.5, 0.6) is 0 Å². The van der Waals surface area contributed by atoms with Crippen molar-refractivity contribution in [1.29, 1.82) is 0 Å². The average molecular weight is 325 g/mol. The van der Waals surface area contributed by atoms with E-state index in [4.69, 9.17) is 4.74 Å². The average Bonchev–Trinajstić information content (AvgIpc) is 2.38. The molecule has 1 aliphatic heterocycles. The van der Waals surface area contributed by atoms with Crippen molar-refractivity contribution < 1.29 is 4.74 Å². The van der Waals surface area contributed by atoms with Crippen LogP contribution in [0, 0.1) is 11.8 Å². The summed E-state index contributed by atoms with van der Waals surface area (Å²) in [4.78, 5) is 7.09. The van der Waals surface area contributed by atoms with E-state index in [0.717, 1.165) is 23.3 Å². The standard InChI is InChI=1S/C15H21BrN2O/c1-18-9-11-4-3-5-12(10-18)15(11,19-2)14-8-13(16)6-7-17-14/h6-8,11-12H,3-5,9-10H2,1-2H3/t11-,12+,15+. The van der Waals surface area contributed by atoms with Crippen molar-refractivity contribution in [1.82, 2.24) is 9.88 Å². The van der Waals surface area contributed by atoms with Gasteiger partial charge in [0.05, 0.1) is 5.69 Å². The molecule has 1 saturated carbocycles. The molecule has 2 fully saturated rings. The van der Waals surface area contributed by atoms with E-state index in [9.17, 15) is 0 Å². The molecular formula is C15H21BrN2O. The molecule has 0 radical (unpaired) electrons. The van der Waals surface area contributed by atoms with E-state index in [1.54, 1.807) is 0 Å². The molecule has 1 aromatic heterocycles. The number of fused-ring (bicyclic) bond motifs is 2. The van der Waals surface area contributed by atoms with Gasteiger partial charge in [-0.25, -0.2) is 0 Å². The summed E-state index contributed by atoms with van der Waals surface area (Å²) >= 11 is 3.57. The Balaban J connectivity index is 2.07. The van der Waals surface area contributed by atoms with Crippen molar-refractivity contribution in [3.63, 3.8) is 0 Å². The first-order valence-electron chi connectivity index (χ1n) is 7.02. The summed E-state index contributed by atoms with van der Waals surface area (Å²) in [5.41, 5.74) is 0.918. The molecule has 2 heterocycles. The number of nitrogens with zero attached hydrogens (tertiary/aromatic N) is 2. The second-order valence-corrected chi connectivity index (χ2v) is 6.82. The molecule has 2 bridgehead atoms. The van der Waals surface area contributed by atoms with Gasteiger partial charge in [-0.1, -0.05) is 22.4 Å². The van der Waals surface area contributed by atoms with Crippen LogP contribution in [0.3, 0.4) is 0 Å². The molecule has 0 aromatic carbocycles. The van der Waals surface area contributed by atoms with Crippen LogP contribution < -0.4 is 0 Å². The fraction of sp³-hybridized carbons (Fsp3) is 0.667. The maximum Gasteiger partial charge on any atom is 0.118 e. The number of pyridine rings is 1. The molecule has 2 aliphatic rings. The fourth-order valence-corrected chi connectivity index (χ4v) is 4.46. The molecule has 104 valence electrons. The molecule has 1 aromatic rings. The lowest BCUT2D eigenvalue weighted by Crippen LogP contribution is -2.58. The number of rotatable bonds is 2. The highest BCUT2D eigenvalue weighted by atomic mass is 79.9. The van der Waals surface area contributed by atoms with Crippen molar-refractivity contribution in [3.05, 3.63) is 28.5 Å². The molecule has 19 heavy (non-hydrogen) atoms. The fourth-order valence-electron chi connectivity index (χ4n) is 4.13. The Kier molecular flexibility index (Phi) is 3.67. The largest absolute Gasteiger partial charge is 0.371 e. The van der Waals surface area contributed by atoms with Gasteiger partial charge >= 0.3 is 0 Å². The Bertz CT molecular complexity index is 451. The minimum Gasteiger partial charge on any atom is -0.371 e. The summed E-state index contributed by atoms with van der Waals surface area (Å²) in [6.07, 6.45) is 5.68. The number of methoxy groups -OCH3 is 1. The highest BCUT2D eigenvalue weighted by molar-refractivity contribution is 9.10. The van der Waals surface area contributed by atoms with Gasteiger partial charge in [0.2, 0.25) is 0 Å². The smallest absolute Gasteiger partial charge is 0.118 e. The van der Waals surface area contributed by atoms with E-state index >= 15 is 0 Å². The predicted molar refractivity (Wildman–Crippen MR) is 79.0 cm³/mol. The van der Waals surface area contributed by atoms with Gasteiger partial charge in [0, 0.05) is 42.7 Å². The van der Waals surface area contributed by atoms with E-state index in [1.807, 2.05) is 19.4 Å². The molecule has 4 heteroatoms. The molecule has 3 nitrogen and oxygen atoms in total. The van der Waals surface area contributed by atoms with Crippen molar-refractivity contribution in [2.24, 2.45) is 11.8 Å².